The zero-order valence-electron chi connectivity index (χ0n) is 15.1. The lowest BCUT2D eigenvalue weighted by Crippen LogP contribution is -2.40. The Morgan fingerprint density at radius 1 is 1.29 bits per heavy atom. The number of ketones is 1. The van der Waals surface area contributed by atoms with Gasteiger partial charge in [0.25, 0.3) is 0 Å². The molecule has 3 heterocycles. The summed E-state index contributed by atoms with van der Waals surface area (Å²) in [6.07, 6.45) is -1.58. The van der Waals surface area contributed by atoms with E-state index in [0.29, 0.717) is 0 Å². The van der Waals surface area contributed by atoms with Gasteiger partial charge in [-0.15, -0.1) is 0 Å². The van der Waals surface area contributed by atoms with Crippen LogP contribution in [0.3, 0.4) is 0 Å². The molecule has 4 atom stereocenters. The van der Waals surface area contributed by atoms with Crippen molar-refractivity contribution in [1.82, 2.24) is 4.90 Å². The molecule has 3 aliphatic rings. The standard InChI is InChI=1S/C18H19FNO7P/c1-11-4-2-3-5-12(11)9-24-28(23)25-10-16-15(27-28)7-18(26-16)20-8-13(19)14(21)6-17(20)22/h2-5,8,15-16,18H,6-7,9-10H2,1H3/t15-,16+,18+,28?/m0/s1. The number of halogens is 1. The molecule has 2 saturated heterocycles. The molecule has 1 aromatic rings. The van der Waals surface area contributed by atoms with Crippen LogP contribution in [0.5, 0.6) is 0 Å². The number of aryl methyl sites for hydroxylation is 1. The Labute approximate surface area is 160 Å². The first-order chi connectivity index (χ1) is 13.3. The Morgan fingerprint density at radius 3 is 2.86 bits per heavy atom. The lowest BCUT2D eigenvalue weighted by Gasteiger charge is -2.30. The van der Waals surface area contributed by atoms with E-state index >= 15 is 0 Å². The van der Waals surface area contributed by atoms with Crippen molar-refractivity contribution < 1.29 is 36.9 Å². The van der Waals surface area contributed by atoms with Gasteiger partial charge in [-0.05, 0) is 18.1 Å². The van der Waals surface area contributed by atoms with E-state index < -0.39 is 50.2 Å². The van der Waals surface area contributed by atoms with E-state index in [1.54, 1.807) is 0 Å². The molecule has 28 heavy (non-hydrogen) atoms. The van der Waals surface area contributed by atoms with Crippen molar-refractivity contribution in [3.63, 3.8) is 0 Å². The van der Waals surface area contributed by atoms with Crippen LogP contribution in [-0.2, 0) is 39.1 Å². The maximum Gasteiger partial charge on any atom is 0.475 e. The van der Waals surface area contributed by atoms with Gasteiger partial charge in [0.05, 0.1) is 19.6 Å². The van der Waals surface area contributed by atoms with E-state index in [4.69, 9.17) is 18.3 Å². The lowest BCUT2D eigenvalue weighted by atomic mass is 10.1. The maximum atomic E-state index is 13.6. The van der Waals surface area contributed by atoms with Crippen LogP contribution >= 0.6 is 7.82 Å². The quantitative estimate of drug-likeness (QED) is 0.556. The SMILES string of the molecule is Cc1ccccc1COP1(=O)OC[C@H]2O[C@@H](N3C=C(F)C(=O)CC3=O)C[C@@H]2O1. The van der Waals surface area contributed by atoms with Gasteiger partial charge in [-0.25, -0.2) is 8.96 Å². The summed E-state index contributed by atoms with van der Waals surface area (Å²) in [6, 6.07) is 7.51. The summed E-state index contributed by atoms with van der Waals surface area (Å²) in [5.74, 6) is -2.41. The number of carbonyl (C=O) groups is 2. The molecule has 10 heteroatoms. The monoisotopic (exact) mass is 411 g/mol. The second kappa shape index (κ2) is 7.50. The Hall–Kier alpha value is -1.90. The van der Waals surface area contributed by atoms with Crippen LogP contribution in [0.15, 0.2) is 36.3 Å². The number of Topliss-reactive ketones (excluding diaryl/α,β-unsaturated/α-hetero) is 1. The number of allylic oxidation sites excluding steroid dienone is 1. The highest BCUT2D eigenvalue weighted by atomic mass is 31.2. The summed E-state index contributed by atoms with van der Waals surface area (Å²) in [4.78, 5) is 24.3. The fourth-order valence-electron chi connectivity index (χ4n) is 3.30. The number of rotatable bonds is 4. The highest BCUT2D eigenvalue weighted by molar-refractivity contribution is 7.48. The van der Waals surface area contributed by atoms with Gasteiger partial charge in [-0.3, -0.25) is 28.1 Å². The summed E-state index contributed by atoms with van der Waals surface area (Å²) < 4.78 is 48.3. The molecule has 0 bridgehead atoms. The van der Waals surface area contributed by atoms with Gasteiger partial charge in [-0.2, -0.15) is 0 Å². The molecule has 0 radical (unpaired) electrons. The lowest BCUT2D eigenvalue weighted by molar-refractivity contribution is -0.146. The molecule has 2 fully saturated rings. The Bertz CT molecular complexity index is 888. The average Bonchev–Trinajstić information content (AvgIpc) is 3.06. The molecular weight excluding hydrogens is 392 g/mol. The third kappa shape index (κ3) is 3.81. The number of nitrogens with zero attached hydrogens (tertiary/aromatic N) is 1. The highest BCUT2D eigenvalue weighted by Gasteiger charge is 2.49. The molecule has 0 saturated carbocycles. The van der Waals surface area contributed by atoms with Crippen molar-refractivity contribution in [2.75, 3.05) is 6.61 Å². The maximum absolute atomic E-state index is 13.6. The number of benzene rings is 1. The van der Waals surface area contributed by atoms with E-state index in [2.05, 4.69) is 0 Å². The van der Waals surface area contributed by atoms with Gasteiger partial charge < -0.3 is 4.74 Å². The highest BCUT2D eigenvalue weighted by Crippen LogP contribution is 2.56. The van der Waals surface area contributed by atoms with Gasteiger partial charge in [-0.1, -0.05) is 24.3 Å². The summed E-state index contributed by atoms with van der Waals surface area (Å²) in [5, 5.41) is 0. The number of amides is 1. The number of hydrogen-bond donors (Lipinski definition) is 0. The molecule has 4 rings (SSSR count). The van der Waals surface area contributed by atoms with Crippen LogP contribution in [0.25, 0.3) is 0 Å². The number of hydrogen-bond acceptors (Lipinski definition) is 7. The van der Waals surface area contributed by atoms with Crippen LogP contribution < -0.4 is 0 Å². The number of ether oxygens (including phenoxy) is 1. The molecule has 1 amide bonds. The van der Waals surface area contributed by atoms with E-state index in [-0.39, 0.29) is 19.6 Å². The van der Waals surface area contributed by atoms with Crippen LogP contribution in [0.2, 0.25) is 0 Å². The number of phosphoric acid groups is 1. The smallest absolute Gasteiger partial charge is 0.349 e. The van der Waals surface area contributed by atoms with Gasteiger partial charge >= 0.3 is 7.82 Å². The average molecular weight is 411 g/mol. The zero-order chi connectivity index (χ0) is 19.9. The third-order valence-electron chi connectivity index (χ3n) is 4.91. The topological polar surface area (TPSA) is 91.4 Å². The van der Waals surface area contributed by atoms with E-state index in [1.165, 1.54) is 0 Å². The van der Waals surface area contributed by atoms with Crippen molar-refractivity contribution in [3.05, 3.63) is 47.4 Å². The van der Waals surface area contributed by atoms with E-state index in [9.17, 15) is 18.5 Å². The number of phosphoric ester groups is 1. The molecule has 0 spiro atoms. The van der Waals surface area contributed by atoms with Crippen molar-refractivity contribution in [2.24, 2.45) is 0 Å². The van der Waals surface area contributed by atoms with Gasteiger partial charge in [0, 0.05) is 12.6 Å². The third-order valence-corrected chi connectivity index (χ3v) is 6.35. The predicted molar refractivity (Wildman–Crippen MR) is 93.3 cm³/mol. The molecule has 0 N–H and O–H groups in total. The predicted octanol–water partition coefficient (Wildman–Crippen LogP) is 2.76. The van der Waals surface area contributed by atoms with Crippen molar-refractivity contribution in [2.45, 2.75) is 44.8 Å². The van der Waals surface area contributed by atoms with Crippen molar-refractivity contribution in [1.29, 1.82) is 0 Å². The Morgan fingerprint density at radius 2 is 2.07 bits per heavy atom. The summed E-state index contributed by atoms with van der Waals surface area (Å²) in [6.45, 7) is 1.93. The first-order valence-electron chi connectivity index (χ1n) is 8.84. The Kier molecular flexibility index (Phi) is 5.20. The molecule has 0 aliphatic carbocycles. The van der Waals surface area contributed by atoms with E-state index in [0.717, 1.165) is 22.2 Å². The summed E-state index contributed by atoms with van der Waals surface area (Å²) >= 11 is 0. The fourth-order valence-corrected chi connectivity index (χ4v) is 4.68. The summed E-state index contributed by atoms with van der Waals surface area (Å²) in [7, 11) is -3.80. The molecule has 150 valence electrons. The minimum absolute atomic E-state index is 0.0423. The largest absolute Gasteiger partial charge is 0.475 e. The Balaban J connectivity index is 1.40. The number of fused-ring (bicyclic) bond motifs is 1. The molecular formula is C18H19FNO7P. The molecule has 0 aromatic heterocycles. The minimum Gasteiger partial charge on any atom is -0.349 e. The molecule has 1 unspecified atom stereocenters. The minimum atomic E-state index is -3.80. The zero-order valence-corrected chi connectivity index (χ0v) is 16.0. The summed E-state index contributed by atoms with van der Waals surface area (Å²) in [5.41, 5.74) is 1.84. The second-order valence-corrected chi connectivity index (χ2v) is 8.45. The van der Waals surface area contributed by atoms with E-state index in [1.807, 2.05) is 31.2 Å². The first kappa shape index (κ1) is 19.4. The van der Waals surface area contributed by atoms with Gasteiger partial charge in [0.1, 0.15) is 18.4 Å². The van der Waals surface area contributed by atoms with Crippen LogP contribution in [0.4, 0.5) is 4.39 Å². The number of carbonyl (C=O) groups excluding carboxylic acids is 2. The van der Waals surface area contributed by atoms with Gasteiger partial charge in [0.15, 0.2) is 5.83 Å². The van der Waals surface area contributed by atoms with Gasteiger partial charge in [0.2, 0.25) is 11.7 Å². The molecule has 8 nitrogen and oxygen atoms in total. The normalized spacial score (nSPS) is 33.0. The second-order valence-electron chi connectivity index (χ2n) is 6.83. The molecule has 3 aliphatic heterocycles. The van der Waals surface area contributed by atoms with Crippen LogP contribution in [-0.4, -0.2) is 41.6 Å². The fraction of sp³-hybridized carbons (Fsp3) is 0.444. The van der Waals surface area contributed by atoms with Crippen molar-refractivity contribution >= 4 is 19.5 Å². The first-order valence-corrected chi connectivity index (χ1v) is 10.3. The molecule has 1 aromatic carbocycles. The van der Waals surface area contributed by atoms with Crippen molar-refractivity contribution in [3.8, 4) is 0 Å². The van der Waals surface area contributed by atoms with Crippen LogP contribution in [0, 0.1) is 6.92 Å². The van der Waals surface area contributed by atoms with Crippen LogP contribution in [0.1, 0.15) is 24.0 Å².